The molecule has 2 aromatic rings. The third-order valence-corrected chi connectivity index (χ3v) is 6.89. The van der Waals surface area contributed by atoms with Crippen LogP contribution in [0.3, 0.4) is 0 Å². The minimum atomic E-state index is -0.651. The molecule has 1 saturated heterocycles. The number of hydrogen-bond donors (Lipinski definition) is 1. The number of methoxy groups -OCH3 is 1. The Bertz CT molecular complexity index is 948. The van der Waals surface area contributed by atoms with Crippen molar-refractivity contribution in [2.24, 2.45) is 5.92 Å². The number of ether oxygens (including phenoxy) is 1. The summed E-state index contributed by atoms with van der Waals surface area (Å²) in [6, 6.07) is 11.8. The van der Waals surface area contributed by atoms with Gasteiger partial charge in [0, 0.05) is 24.7 Å². The van der Waals surface area contributed by atoms with Crippen LogP contribution in [0.5, 0.6) is 5.75 Å². The average Bonchev–Trinajstić information content (AvgIpc) is 3.24. The van der Waals surface area contributed by atoms with Crippen LogP contribution in [0.4, 0.5) is 8.78 Å². The lowest BCUT2D eigenvalue weighted by molar-refractivity contribution is -0.117. The summed E-state index contributed by atoms with van der Waals surface area (Å²) < 4.78 is 31.8. The molecule has 4 rings (SSSR count). The Morgan fingerprint density at radius 1 is 1.06 bits per heavy atom. The SMILES string of the molecule is COc1ccc(C2CCN(C[C@@H]3CC[C@H](NC(=O)/C=C/c4cc(F)cc(F)c4)C3)CC2)cc1. The Kier molecular flexibility index (Phi) is 7.76. The van der Waals surface area contributed by atoms with Crippen LogP contribution < -0.4 is 10.1 Å². The Morgan fingerprint density at radius 3 is 2.42 bits per heavy atom. The summed E-state index contributed by atoms with van der Waals surface area (Å²) in [5.74, 6) is 0.585. The van der Waals surface area contributed by atoms with Crippen molar-refractivity contribution in [2.75, 3.05) is 26.7 Å². The quantitative estimate of drug-likeness (QED) is 0.589. The second kappa shape index (κ2) is 10.9. The van der Waals surface area contributed by atoms with Crippen molar-refractivity contribution in [3.05, 3.63) is 71.3 Å². The van der Waals surface area contributed by atoms with Crippen molar-refractivity contribution in [1.82, 2.24) is 10.2 Å². The van der Waals surface area contributed by atoms with Crippen LogP contribution in [-0.2, 0) is 4.79 Å². The fraction of sp³-hybridized carbons (Fsp3) is 0.444. The zero-order chi connectivity index (χ0) is 23.2. The van der Waals surface area contributed by atoms with E-state index in [2.05, 4.69) is 22.3 Å². The van der Waals surface area contributed by atoms with Gasteiger partial charge in [0.2, 0.25) is 5.91 Å². The largest absolute Gasteiger partial charge is 0.497 e. The van der Waals surface area contributed by atoms with Gasteiger partial charge >= 0.3 is 0 Å². The van der Waals surface area contributed by atoms with E-state index < -0.39 is 11.6 Å². The van der Waals surface area contributed by atoms with Crippen LogP contribution in [0.15, 0.2) is 48.5 Å². The van der Waals surface area contributed by atoms with E-state index in [1.807, 2.05) is 12.1 Å². The van der Waals surface area contributed by atoms with Crippen molar-refractivity contribution in [3.8, 4) is 5.75 Å². The molecule has 0 radical (unpaired) electrons. The molecule has 1 amide bonds. The van der Waals surface area contributed by atoms with Gasteiger partial charge in [-0.15, -0.1) is 0 Å². The van der Waals surface area contributed by atoms with Gasteiger partial charge in [0.15, 0.2) is 0 Å². The molecule has 176 valence electrons. The van der Waals surface area contributed by atoms with Gasteiger partial charge in [0.25, 0.3) is 0 Å². The predicted octanol–water partition coefficient (Wildman–Crippen LogP) is 5.15. The van der Waals surface area contributed by atoms with E-state index in [0.29, 0.717) is 17.4 Å². The summed E-state index contributed by atoms with van der Waals surface area (Å²) in [5, 5.41) is 3.04. The Hall–Kier alpha value is -2.73. The first-order valence-corrected chi connectivity index (χ1v) is 11.8. The molecule has 1 aliphatic carbocycles. The lowest BCUT2D eigenvalue weighted by atomic mass is 9.89. The topological polar surface area (TPSA) is 41.6 Å². The maximum absolute atomic E-state index is 13.3. The summed E-state index contributed by atoms with van der Waals surface area (Å²) in [6.07, 6.45) is 8.21. The van der Waals surface area contributed by atoms with Crippen molar-refractivity contribution >= 4 is 12.0 Å². The molecule has 2 atom stereocenters. The standard InChI is InChI=1S/C27H32F2N2O2/c1-33-26-7-4-21(5-8-26)22-10-12-31(13-11-22)18-20-2-6-25(16-20)30-27(32)9-3-19-14-23(28)17-24(29)15-19/h3-5,7-9,14-15,17,20,22,25H,2,6,10-13,16,18H2,1H3,(H,30,32)/b9-3+/t20-,25+/m1/s1. The molecular formula is C27H32F2N2O2. The molecule has 0 unspecified atom stereocenters. The maximum atomic E-state index is 13.3. The lowest BCUT2D eigenvalue weighted by Gasteiger charge is -2.33. The number of rotatable bonds is 7. The van der Waals surface area contributed by atoms with Gasteiger partial charge in [-0.3, -0.25) is 4.79 Å². The normalized spacial score (nSPS) is 22.0. The molecule has 6 heteroatoms. The first-order valence-electron chi connectivity index (χ1n) is 11.8. The summed E-state index contributed by atoms with van der Waals surface area (Å²) in [4.78, 5) is 14.8. The maximum Gasteiger partial charge on any atom is 0.244 e. The number of hydrogen-bond acceptors (Lipinski definition) is 3. The molecule has 2 aliphatic rings. The molecule has 4 nitrogen and oxygen atoms in total. The van der Waals surface area contributed by atoms with Crippen molar-refractivity contribution in [2.45, 2.75) is 44.1 Å². The molecule has 33 heavy (non-hydrogen) atoms. The number of amides is 1. The van der Waals surface area contributed by atoms with Crippen LogP contribution in [0, 0.1) is 17.6 Å². The fourth-order valence-electron chi connectivity index (χ4n) is 5.15. The number of halogens is 2. The second-order valence-electron chi connectivity index (χ2n) is 9.27. The number of benzene rings is 2. The molecule has 0 spiro atoms. The number of nitrogens with zero attached hydrogens (tertiary/aromatic N) is 1. The van der Waals surface area contributed by atoms with Crippen LogP contribution in [0.1, 0.15) is 49.1 Å². The first kappa shape index (κ1) is 23.4. The minimum Gasteiger partial charge on any atom is -0.497 e. The van der Waals surface area contributed by atoms with Gasteiger partial charge in [0.05, 0.1) is 7.11 Å². The highest BCUT2D eigenvalue weighted by molar-refractivity contribution is 5.91. The van der Waals surface area contributed by atoms with E-state index in [9.17, 15) is 13.6 Å². The Labute approximate surface area is 194 Å². The molecule has 0 bridgehead atoms. The van der Waals surface area contributed by atoms with Crippen molar-refractivity contribution in [1.29, 1.82) is 0 Å². The van der Waals surface area contributed by atoms with E-state index in [0.717, 1.165) is 50.7 Å². The molecule has 1 saturated carbocycles. The highest BCUT2D eigenvalue weighted by atomic mass is 19.1. The van der Waals surface area contributed by atoms with Crippen molar-refractivity contribution in [3.63, 3.8) is 0 Å². The highest BCUT2D eigenvalue weighted by Gasteiger charge is 2.29. The number of carbonyl (C=O) groups excluding carboxylic acids is 1. The molecular weight excluding hydrogens is 422 g/mol. The molecule has 1 aliphatic heterocycles. The third kappa shape index (κ3) is 6.64. The zero-order valence-corrected chi connectivity index (χ0v) is 19.1. The van der Waals surface area contributed by atoms with E-state index in [4.69, 9.17) is 4.74 Å². The Balaban J connectivity index is 1.19. The lowest BCUT2D eigenvalue weighted by Crippen LogP contribution is -2.37. The summed E-state index contributed by atoms with van der Waals surface area (Å²) in [7, 11) is 1.69. The Morgan fingerprint density at radius 2 is 1.76 bits per heavy atom. The van der Waals surface area contributed by atoms with E-state index in [1.165, 1.54) is 42.7 Å². The van der Waals surface area contributed by atoms with E-state index in [1.54, 1.807) is 7.11 Å². The van der Waals surface area contributed by atoms with Crippen LogP contribution in [-0.4, -0.2) is 43.6 Å². The van der Waals surface area contributed by atoms with Gasteiger partial charge < -0.3 is 15.0 Å². The van der Waals surface area contributed by atoms with Gasteiger partial charge in [-0.25, -0.2) is 8.78 Å². The minimum absolute atomic E-state index is 0.160. The second-order valence-corrected chi connectivity index (χ2v) is 9.27. The molecule has 0 aromatic heterocycles. The number of likely N-dealkylation sites (tertiary alicyclic amines) is 1. The summed E-state index contributed by atoms with van der Waals surface area (Å²) in [6.45, 7) is 3.30. The van der Waals surface area contributed by atoms with Crippen molar-refractivity contribution < 1.29 is 18.3 Å². The summed E-state index contributed by atoms with van der Waals surface area (Å²) >= 11 is 0. The van der Waals surface area contributed by atoms with E-state index in [-0.39, 0.29) is 11.9 Å². The van der Waals surface area contributed by atoms with E-state index >= 15 is 0 Å². The first-order chi connectivity index (χ1) is 16.0. The van der Waals surface area contributed by atoms with Gasteiger partial charge in [-0.05, 0) is 98.5 Å². The zero-order valence-electron chi connectivity index (χ0n) is 19.1. The van der Waals surface area contributed by atoms with Crippen LogP contribution in [0.2, 0.25) is 0 Å². The number of nitrogens with one attached hydrogen (secondary N) is 1. The highest BCUT2D eigenvalue weighted by Crippen LogP contribution is 2.32. The van der Waals surface area contributed by atoms with Crippen LogP contribution in [0.25, 0.3) is 6.08 Å². The number of carbonyl (C=O) groups is 1. The molecule has 1 N–H and O–H groups in total. The smallest absolute Gasteiger partial charge is 0.244 e. The van der Waals surface area contributed by atoms with Crippen LogP contribution >= 0.6 is 0 Å². The molecule has 2 aromatic carbocycles. The fourth-order valence-corrected chi connectivity index (χ4v) is 5.15. The van der Waals surface area contributed by atoms with Gasteiger partial charge in [-0.2, -0.15) is 0 Å². The average molecular weight is 455 g/mol. The van der Waals surface area contributed by atoms with Gasteiger partial charge in [0.1, 0.15) is 17.4 Å². The number of piperidine rings is 1. The van der Waals surface area contributed by atoms with Gasteiger partial charge in [-0.1, -0.05) is 12.1 Å². The third-order valence-electron chi connectivity index (χ3n) is 6.89. The monoisotopic (exact) mass is 454 g/mol. The molecule has 2 fully saturated rings. The summed E-state index contributed by atoms with van der Waals surface area (Å²) in [5.41, 5.74) is 1.73. The predicted molar refractivity (Wildman–Crippen MR) is 126 cm³/mol. The molecule has 1 heterocycles.